The van der Waals surface area contributed by atoms with E-state index in [9.17, 15) is 14.7 Å². The molecule has 4 aromatic rings. The van der Waals surface area contributed by atoms with Crippen molar-refractivity contribution in [1.29, 1.82) is 0 Å². The lowest BCUT2D eigenvalue weighted by molar-refractivity contribution is -0.119. The molecule has 1 saturated heterocycles. The van der Waals surface area contributed by atoms with Crippen LogP contribution in [0.3, 0.4) is 0 Å². The predicted octanol–water partition coefficient (Wildman–Crippen LogP) is 5.46. The Morgan fingerprint density at radius 2 is 1.95 bits per heavy atom. The van der Waals surface area contributed by atoms with Crippen LogP contribution in [0.5, 0.6) is 0 Å². The molecule has 0 aliphatic carbocycles. The highest BCUT2D eigenvalue weighted by Crippen LogP contribution is 2.44. The maximum atomic E-state index is 12.0. The lowest BCUT2D eigenvalue weighted by Crippen LogP contribution is -2.29. The molecule has 1 amide bonds. The van der Waals surface area contributed by atoms with Gasteiger partial charge in [-0.1, -0.05) is 35.9 Å². The molecule has 5 rings (SSSR count). The van der Waals surface area contributed by atoms with Gasteiger partial charge >= 0.3 is 5.97 Å². The van der Waals surface area contributed by atoms with Crippen LogP contribution < -0.4 is 15.5 Å². The fourth-order valence-corrected chi connectivity index (χ4v) is 5.10. The number of nitrogens with one attached hydrogen (secondary N) is 2. The number of halogens is 1. The molecular formula is C28H23ClN4O5S. The van der Waals surface area contributed by atoms with Crippen molar-refractivity contribution in [2.75, 3.05) is 23.9 Å². The van der Waals surface area contributed by atoms with Crippen molar-refractivity contribution in [2.45, 2.75) is 12.1 Å². The third-order valence-corrected chi connectivity index (χ3v) is 6.85. The van der Waals surface area contributed by atoms with E-state index in [1.54, 1.807) is 54.7 Å². The Balaban J connectivity index is 1.56. The van der Waals surface area contributed by atoms with Gasteiger partial charge in [-0.3, -0.25) is 9.78 Å². The third kappa shape index (κ3) is 5.35. The molecule has 0 spiro atoms. The molecule has 1 aliphatic rings. The topological polar surface area (TPSA) is 117 Å². The first-order chi connectivity index (χ1) is 18.9. The number of aromatic carboxylic acids is 1. The molecule has 0 bridgehead atoms. The van der Waals surface area contributed by atoms with Crippen molar-refractivity contribution in [2.24, 2.45) is 0 Å². The van der Waals surface area contributed by atoms with E-state index in [1.807, 2.05) is 23.1 Å². The van der Waals surface area contributed by atoms with Crippen LogP contribution in [-0.4, -0.2) is 40.8 Å². The number of pyridine rings is 1. The second-order valence-corrected chi connectivity index (χ2v) is 9.49. The van der Waals surface area contributed by atoms with Gasteiger partial charge in [-0.15, -0.1) is 0 Å². The van der Waals surface area contributed by atoms with Gasteiger partial charge < -0.3 is 29.8 Å². The molecule has 11 heteroatoms. The summed E-state index contributed by atoms with van der Waals surface area (Å²) < 4.78 is 11.2. The van der Waals surface area contributed by atoms with E-state index in [1.165, 1.54) is 13.2 Å². The van der Waals surface area contributed by atoms with Gasteiger partial charge in [0.15, 0.2) is 5.11 Å². The van der Waals surface area contributed by atoms with Crippen LogP contribution in [-0.2, 0) is 9.53 Å². The number of carbonyl (C=O) groups excluding carboxylic acids is 1. The second-order valence-electron chi connectivity index (χ2n) is 8.69. The molecule has 0 saturated carbocycles. The predicted molar refractivity (Wildman–Crippen MR) is 151 cm³/mol. The number of hydrogen-bond acceptors (Lipinski definition) is 6. The van der Waals surface area contributed by atoms with Crippen LogP contribution in [0.4, 0.5) is 11.4 Å². The van der Waals surface area contributed by atoms with Gasteiger partial charge in [0.1, 0.15) is 24.2 Å². The van der Waals surface area contributed by atoms with E-state index < -0.39 is 12.0 Å². The van der Waals surface area contributed by atoms with Crippen LogP contribution in [0.1, 0.15) is 33.9 Å². The molecule has 2 aromatic heterocycles. The van der Waals surface area contributed by atoms with Gasteiger partial charge in [0.05, 0.1) is 28.0 Å². The average Bonchev–Trinajstić information content (AvgIpc) is 3.55. The molecule has 2 atom stereocenters. The average molecular weight is 563 g/mol. The number of thiocarbonyl (C=S) groups is 1. The number of ether oxygens (including phenoxy) is 1. The van der Waals surface area contributed by atoms with E-state index in [2.05, 4.69) is 15.6 Å². The molecule has 1 aliphatic heterocycles. The number of anilines is 2. The largest absolute Gasteiger partial charge is 0.478 e. The number of carbonyl (C=O) groups is 2. The van der Waals surface area contributed by atoms with Gasteiger partial charge in [0, 0.05) is 24.6 Å². The van der Waals surface area contributed by atoms with Crippen LogP contribution in [0.25, 0.3) is 11.3 Å². The lowest BCUT2D eigenvalue weighted by Gasteiger charge is -2.26. The molecule has 2 unspecified atom stereocenters. The van der Waals surface area contributed by atoms with Gasteiger partial charge in [-0.05, 0) is 60.7 Å². The Labute approximate surface area is 234 Å². The first-order valence-electron chi connectivity index (χ1n) is 11.9. The molecule has 198 valence electrons. The standard InChI is InChI=1S/C28H23ClN4O5S/c1-37-15-24(34)31-20-10-9-16(14-19(20)29)33-26(25(32-28(33)39)21-8-4-5-13-30-21)23-12-11-22(38-23)17-6-2-3-7-18(17)27(35)36/h2-14,25-26H,15H2,1H3,(H,31,34)(H,32,39)(H,35,36). The summed E-state index contributed by atoms with van der Waals surface area (Å²) in [4.78, 5) is 30.2. The summed E-state index contributed by atoms with van der Waals surface area (Å²) in [6, 6.07) is 20.1. The normalized spacial score (nSPS) is 16.7. The molecule has 1 fully saturated rings. The van der Waals surface area contributed by atoms with Crippen molar-refractivity contribution >= 4 is 52.2 Å². The number of benzene rings is 2. The maximum absolute atomic E-state index is 12.0. The van der Waals surface area contributed by atoms with Crippen molar-refractivity contribution in [3.63, 3.8) is 0 Å². The van der Waals surface area contributed by atoms with Crippen LogP contribution in [0, 0.1) is 0 Å². The summed E-state index contributed by atoms with van der Waals surface area (Å²) in [6.45, 7) is -0.0993. The van der Waals surface area contributed by atoms with E-state index in [4.69, 9.17) is 33.0 Å². The highest BCUT2D eigenvalue weighted by atomic mass is 35.5. The number of hydrogen-bond donors (Lipinski definition) is 3. The molecule has 3 N–H and O–H groups in total. The minimum atomic E-state index is -1.05. The van der Waals surface area contributed by atoms with Crippen LogP contribution in [0.15, 0.2) is 83.4 Å². The summed E-state index contributed by atoms with van der Waals surface area (Å²) in [7, 11) is 1.43. The van der Waals surface area contributed by atoms with Gasteiger partial charge in [-0.25, -0.2) is 4.79 Å². The first-order valence-corrected chi connectivity index (χ1v) is 12.7. The Bertz CT molecular complexity index is 1540. The zero-order valence-corrected chi connectivity index (χ0v) is 22.2. The molecular weight excluding hydrogens is 540 g/mol. The third-order valence-electron chi connectivity index (χ3n) is 6.22. The molecule has 0 radical (unpaired) electrons. The summed E-state index contributed by atoms with van der Waals surface area (Å²) in [5, 5.41) is 16.5. The van der Waals surface area contributed by atoms with Crippen molar-refractivity contribution in [1.82, 2.24) is 10.3 Å². The van der Waals surface area contributed by atoms with Crippen molar-refractivity contribution < 1.29 is 23.8 Å². The number of furan rings is 1. The van der Waals surface area contributed by atoms with Crippen molar-refractivity contribution in [3.05, 3.63) is 101 Å². The number of methoxy groups -OCH3 is 1. The van der Waals surface area contributed by atoms with E-state index in [0.717, 1.165) is 5.69 Å². The monoisotopic (exact) mass is 562 g/mol. The fraction of sp³-hybridized carbons (Fsp3) is 0.143. The van der Waals surface area contributed by atoms with E-state index in [-0.39, 0.29) is 24.1 Å². The minimum absolute atomic E-state index is 0.0993. The molecule has 9 nitrogen and oxygen atoms in total. The van der Waals surface area contributed by atoms with Crippen molar-refractivity contribution in [3.8, 4) is 11.3 Å². The Hall–Kier alpha value is -4.25. The highest BCUT2D eigenvalue weighted by Gasteiger charge is 2.42. The zero-order chi connectivity index (χ0) is 27.5. The maximum Gasteiger partial charge on any atom is 0.336 e. The molecule has 2 aromatic carbocycles. The number of aromatic nitrogens is 1. The minimum Gasteiger partial charge on any atom is -0.478 e. The quantitative estimate of drug-likeness (QED) is 0.241. The van der Waals surface area contributed by atoms with E-state index >= 15 is 0 Å². The number of nitrogens with zero attached hydrogens (tertiary/aromatic N) is 2. The fourth-order valence-electron chi connectivity index (χ4n) is 4.54. The highest BCUT2D eigenvalue weighted by molar-refractivity contribution is 7.80. The second kappa shape index (κ2) is 11.2. The smallest absolute Gasteiger partial charge is 0.336 e. The summed E-state index contributed by atoms with van der Waals surface area (Å²) >= 11 is 12.3. The summed E-state index contributed by atoms with van der Waals surface area (Å²) in [5.74, 6) is -0.424. The Kier molecular flexibility index (Phi) is 7.60. The number of carboxylic acid groups (broad SMARTS) is 1. The number of rotatable bonds is 8. The van der Waals surface area contributed by atoms with Gasteiger partial charge in [-0.2, -0.15) is 0 Å². The number of amides is 1. The molecule has 3 heterocycles. The SMILES string of the molecule is COCC(=O)Nc1ccc(N2C(=S)NC(c3ccccn3)C2c2ccc(-c3ccccc3C(=O)O)o2)cc1Cl. The van der Waals surface area contributed by atoms with E-state index in [0.29, 0.717) is 38.6 Å². The zero-order valence-electron chi connectivity index (χ0n) is 20.6. The van der Waals surface area contributed by atoms with Gasteiger partial charge in [0.2, 0.25) is 5.91 Å². The Morgan fingerprint density at radius 3 is 2.67 bits per heavy atom. The lowest BCUT2D eigenvalue weighted by atomic mass is 10.0. The summed E-state index contributed by atoms with van der Waals surface area (Å²) in [5.41, 5.74) is 2.43. The first kappa shape index (κ1) is 26.4. The number of carboxylic acids is 1. The van der Waals surface area contributed by atoms with Crippen LogP contribution in [0.2, 0.25) is 5.02 Å². The van der Waals surface area contributed by atoms with Crippen LogP contribution >= 0.6 is 23.8 Å². The van der Waals surface area contributed by atoms with Gasteiger partial charge in [0.25, 0.3) is 0 Å². The summed E-state index contributed by atoms with van der Waals surface area (Å²) in [6.07, 6.45) is 1.70. The Morgan fingerprint density at radius 1 is 1.15 bits per heavy atom. The molecule has 39 heavy (non-hydrogen) atoms.